The summed E-state index contributed by atoms with van der Waals surface area (Å²) in [6.45, 7) is 22.5. The highest BCUT2D eigenvalue weighted by molar-refractivity contribution is 7.91. The zero-order valence-corrected chi connectivity index (χ0v) is 30.8. The summed E-state index contributed by atoms with van der Waals surface area (Å²) in [5.74, 6) is -1.13. The first-order chi connectivity index (χ1) is 18.5. The average Bonchev–Trinajstić information content (AvgIpc) is 3.59. The molecular formula is C27H56N4O9S3. The largest absolute Gasteiger partial charge is 0.369 e. The molecule has 2 saturated carbocycles. The monoisotopic (exact) mass is 676 g/mol. The third-order valence-corrected chi connectivity index (χ3v) is 10.6. The minimum atomic E-state index is -3.47. The Hall–Kier alpha value is -1.78. The van der Waals surface area contributed by atoms with Crippen LogP contribution in [-0.4, -0.2) is 64.8 Å². The van der Waals surface area contributed by atoms with Crippen molar-refractivity contribution in [2.45, 2.75) is 131 Å². The van der Waals surface area contributed by atoms with E-state index in [0.717, 1.165) is 6.26 Å². The molecule has 2 aliphatic rings. The first-order valence-electron chi connectivity index (χ1n) is 13.9. The lowest BCUT2D eigenvalue weighted by molar-refractivity contribution is -0.127. The van der Waals surface area contributed by atoms with Crippen molar-refractivity contribution >= 4 is 47.8 Å². The van der Waals surface area contributed by atoms with Crippen molar-refractivity contribution in [1.82, 2.24) is 14.2 Å². The van der Waals surface area contributed by atoms with Crippen molar-refractivity contribution in [3.8, 4) is 0 Å². The van der Waals surface area contributed by atoms with Crippen LogP contribution in [-0.2, 0) is 44.5 Å². The van der Waals surface area contributed by atoms with Gasteiger partial charge in [0.1, 0.15) is 0 Å². The topological polar surface area (TPSA) is 216 Å². The minimum Gasteiger partial charge on any atom is -0.369 e. The molecule has 0 spiro atoms. The number of hydrogen-bond acceptors (Lipinski definition) is 9. The summed E-state index contributed by atoms with van der Waals surface area (Å²) in [5.41, 5.74) is 2.90. The van der Waals surface area contributed by atoms with Crippen LogP contribution in [0.3, 0.4) is 0 Å². The lowest BCUT2D eigenvalue weighted by Crippen LogP contribution is -2.43. The molecule has 0 saturated heterocycles. The zero-order valence-electron chi connectivity index (χ0n) is 28.4. The Kier molecular flexibility index (Phi) is 14.7. The molecule has 2 fully saturated rings. The Labute approximate surface area is 260 Å². The van der Waals surface area contributed by atoms with Crippen LogP contribution in [0.15, 0.2) is 0 Å². The number of nitrogens with one attached hydrogen (secondary N) is 3. The summed E-state index contributed by atoms with van der Waals surface area (Å²) in [7, 11) is -9.87. The summed E-state index contributed by atoms with van der Waals surface area (Å²) in [5, 5.41) is -0.334. The molecule has 0 heterocycles. The van der Waals surface area contributed by atoms with E-state index in [0.29, 0.717) is 25.7 Å². The van der Waals surface area contributed by atoms with Gasteiger partial charge in [0, 0.05) is 21.8 Å². The molecule has 13 nitrogen and oxygen atoms in total. The molecule has 0 aromatic heterocycles. The number of nitrogens with two attached hydrogens (primary N) is 1. The first-order valence-corrected chi connectivity index (χ1v) is 18.8. The molecule has 5 N–H and O–H groups in total. The number of carbonyl (C=O) groups excluding carboxylic acids is 3. The van der Waals surface area contributed by atoms with E-state index < -0.39 is 57.5 Å². The van der Waals surface area contributed by atoms with Crippen molar-refractivity contribution in [3.05, 3.63) is 0 Å². The van der Waals surface area contributed by atoms with Crippen LogP contribution in [0.4, 0.5) is 0 Å². The fourth-order valence-electron chi connectivity index (χ4n) is 2.14. The molecule has 0 aromatic carbocycles. The Morgan fingerprint density at radius 3 is 1.19 bits per heavy atom. The van der Waals surface area contributed by atoms with Crippen molar-refractivity contribution in [3.63, 3.8) is 0 Å². The molecular weight excluding hydrogens is 621 g/mol. The standard InChI is InChI=1S/C9H17NO3S.C8H15NO3S.C5H13NO2S.C5H11NO/c1-8(2,3)7(11)10-14(12,13)9(4)5-6-9;1-8(2,3)7(10)9-13(11,12)6-4-5-6;1-5(2,3)6-9(4,7)8;1-5(2,3)4(6)7/h5-6H2,1-4H3,(H,10,11);6H,4-5H2,1-3H3,(H,9,10);6H,1-4H3;1-3H3,(H2,6,7). The zero-order chi connectivity index (χ0) is 35.3. The molecule has 2 aliphatic carbocycles. The number of hydrogen-bond donors (Lipinski definition) is 4. The van der Waals surface area contributed by atoms with Crippen LogP contribution in [0.2, 0.25) is 0 Å². The third kappa shape index (κ3) is 19.3. The van der Waals surface area contributed by atoms with Crippen LogP contribution in [0.25, 0.3) is 0 Å². The average molecular weight is 677 g/mol. The summed E-state index contributed by atoms with van der Waals surface area (Å²) >= 11 is 0. The van der Waals surface area contributed by atoms with Crippen molar-refractivity contribution in [2.75, 3.05) is 6.26 Å². The van der Waals surface area contributed by atoms with Gasteiger partial charge in [0.2, 0.25) is 47.8 Å². The second-order valence-electron chi connectivity index (χ2n) is 15.3. The fraction of sp³-hybridized carbons (Fsp3) is 0.889. The normalized spacial score (nSPS) is 16.9. The Morgan fingerprint density at radius 1 is 0.674 bits per heavy atom. The van der Waals surface area contributed by atoms with E-state index in [1.54, 1.807) is 90.0 Å². The van der Waals surface area contributed by atoms with Crippen LogP contribution in [0.1, 0.15) is 116 Å². The van der Waals surface area contributed by atoms with Gasteiger partial charge in [0.25, 0.3) is 0 Å². The SMILES string of the molecule is CC(C)(C)C(=O)NS(=O)(=O)C1(C)CC1.CC(C)(C)C(=O)NS(=O)(=O)C1CC1.CC(C)(C)C(N)=O.CC(C)(C)NS(C)(=O)=O. The van der Waals surface area contributed by atoms with Gasteiger partial charge >= 0.3 is 0 Å². The second-order valence-corrected chi connectivity index (χ2v) is 21.2. The van der Waals surface area contributed by atoms with E-state index in [9.17, 15) is 39.6 Å². The van der Waals surface area contributed by atoms with Crippen LogP contribution < -0.4 is 19.9 Å². The van der Waals surface area contributed by atoms with Crippen molar-refractivity contribution in [1.29, 1.82) is 0 Å². The Bertz CT molecular complexity index is 1300. The molecule has 0 radical (unpaired) electrons. The molecule has 0 bridgehead atoms. The highest BCUT2D eigenvalue weighted by Crippen LogP contribution is 2.42. The van der Waals surface area contributed by atoms with Gasteiger partial charge in [-0.05, 0) is 53.4 Å². The van der Waals surface area contributed by atoms with E-state index >= 15 is 0 Å². The minimum absolute atomic E-state index is 0.257. The second kappa shape index (κ2) is 14.5. The van der Waals surface area contributed by atoms with E-state index in [1.165, 1.54) is 0 Å². The lowest BCUT2D eigenvalue weighted by Gasteiger charge is -2.19. The summed E-state index contributed by atoms with van der Waals surface area (Å²) in [6.07, 6.45) is 3.78. The molecule has 16 heteroatoms. The van der Waals surface area contributed by atoms with Gasteiger partial charge in [0.15, 0.2) is 0 Å². The third-order valence-electron chi connectivity index (χ3n) is 5.62. The van der Waals surface area contributed by atoms with Crippen molar-refractivity contribution < 1.29 is 39.6 Å². The first kappa shape index (κ1) is 43.3. The van der Waals surface area contributed by atoms with E-state index in [2.05, 4.69) is 14.2 Å². The molecule has 2 rings (SSSR count). The van der Waals surface area contributed by atoms with E-state index in [1.807, 2.05) is 0 Å². The highest BCUT2D eigenvalue weighted by Gasteiger charge is 2.51. The number of primary amides is 1. The molecule has 0 atom stereocenters. The molecule has 3 amide bonds. The summed E-state index contributed by atoms with van der Waals surface area (Å²) in [6, 6.07) is 0. The Balaban J connectivity index is 0. The van der Waals surface area contributed by atoms with Gasteiger partial charge in [-0.2, -0.15) is 0 Å². The number of amides is 3. The maximum atomic E-state index is 11.6. The van der Waals surface area contributed by atoms with E-state index in [4.69, 9.17) is 5.73 Å². The quantitative estimate of drug-likeness (QED) is 0.336. The van der Waals surface area contributed by atoms with Crippen molar-refractivity contribution in [2.24, 2.45) is 22.0 Å². The predicted molar refractivity (Wildman–Crippen MR) is 170 cm³/mol. The van der Waals surface area contributed by atoms with Gasteiger partial charge in [-0.25, -0.2) is 30.0 Å². The van der Waals surface area contributed by atoms with Gasteiger partial charge < -0.3 is 5.73 Å². The van der Waals surface area contributed by atoms with Crippen LogP contribution >= 0.6 is 0 Å². The van der Waals surface area contributed by atoms with Gasteiger partial charge in [-0.3, -0.25) is 23.8 Å². The molecule has 0 aromatic rings. The number of carbonyl (C=O) groups is 3. The summed E-state index contributed by atoms with van der Waals surface area (Å²) < 4.78 is 72.9. The van der Waals surface area contributed by atoms with Crippen LogP contribution in [0, 0.1) is 16.2 Å². The molecule has 256 valence electrons. The maximum absolute atomic E-state index is 11.6. The van der Waals surface area contributed by atoms with Gasteiger partial charge in [0.05, 0.1) is 16.3 Å². The Morgan fingerprint density at radius 2 is 1.00 bits per heavy atom. The lowest BCUT2D eigenvalue weighted by atomic mass is 9.96. The maximum Gasteiger partial charge on any atom is 0.240 e. The molecule has 43 heavy (non-hydrogen) atoms. The van der Waals surface area contributed by atoms with E-state index in [-0.39, 0.29) is 22.1 Å². The summed E-state index contributed by atoms with van der Waals surface area (Å²) in [4.78, 5) is 33.0. The smallest absolute Gasteiger partial charge is 0.240 e. The highest BCUT2D eigenvalue weighted by atomic mass is 32.2. The fourth-order valence-corrected chi connectivity index (χ4v) is 6.18. The molecule has 0 aliphatic heterocycles. The number of rotatable bonds is 5. The van der Waals surface area contributed by atoms with Gasteiger partial charge in [-0.15, -0.1) is 0 Å². The molecule has 0 unspecified atom stereocenters. The van der Waals surface area contributed by atoms with Crippen LogP contribution in [0.5, 0.6) is 0 Å². The number of sulfonamides is 3. The van der Waals surface area contributed by atoms with Gasteiger partial charge in [-0.1, -0.05) is 62.3 Å². The predicted octanol–water partition coefficient (Wildman–Crippen LogP) is 2.52.